The molecule has 0 unspecified atom stereocenters. The Morgan fingerprint density at radius 3 is 3.00 bits per heavy atom. The molecular formula is C16H16BrN3S. The van der Waals surface area contributed by atoms with Gasteiger partial charge in [-0.05, 0) is 41.0 Å². The van der Waals surface area contributed by atoms with Gasteiger partial charge in [0.2, 0.25) is 0 Å². The average molecular weight is 362 g/mol. The first kappa shape index (κ1) is 14.6. The largest absolute Gasteiger partial charge is 0.312 e. The van der Waals surface area contributed by atoms with Crippen molar-refractivity contribution in [1.82, 2.24) is 15.3 Å². The van der Waals surface area contributed by atoms with Crippen LogP contribution in [0.1, 0.15) is 18.2 Å². The number of benzene rings is 1. The maximum atomic E-state index is 4.74. The van der Waals surface area contributed by atoms with Crippen LogP contribution in [-0.4, -0.2) is 16.5 Å². The van der Waals surface area contributed by atoms with Crippen molar-refractivity contribution in [2.45, 2.75) is 19.9 Å². The number of thiazole rings is 1. The molecular weight excluding hydrogens is 346 g/mol. The minimum absolute atomic E-state index is 0.872. The standard InChI is InChI=1S/C16H16BrN3S/c1-2-7-18-9-12-10-19-16(21-12)15-13(17)8-11-5-3-4-6-14(11)20-15/h3-6,8,10,18H,2,7,9H2,1H3. The van der Waals surface area contributed by atoms with Crippen molar-refractivity contribution in [3.8, 4) is 10.7 Å². The Morgan fingerprint density at radius 2 is 2.14 bits per heavy atom. The lowest BCUT2D eigenvalue weighted by molar-refractivity contribution is 0.681. The number of aromatic nitrogens is 2. The van der Waals surface area contributed by atoms with Crippen LogP contribution in [0.5, 0.6) is 0 Å². The van der Waals surface area contributed by atoms with E-state index in [0.717, 1.165) is 45.6 Å². The van der Waals surface area contributed by atoms with E-state index in [1.807, 2.05) is 24.4 Å². The number of hydrogen-bond donors (Lipinski definition) is 1. The summed E-state index contributed by atoms with van der Waals surface area (Å²) >= 11 is 5.31. The fraction of sp³-hybridized carbons (Fsp3) is 0.250. The van der Waals surface area contributed by atoms with E-state index in [4.69, 9.17) is 4.98 Å². The number of pyridine rings is 1. The minimum Gasteiger partial charge on any atom is -0.312 e. The van der Waals surface area contributed by atoms with Crippen LogP contribution in [0.4, 0.5) is 0 Å². The molecule has 0 amide bonds. The summed E-state index contributed by atoms with van der Waals surface area (Å²) < 4.78 is 0.989. The average Bonchev–Trinajstić information content (AvgIpc) is 2.95. The zero-order chi connectivity index (χ0) is 14.7. The second-order valence-corrected chi connectivity index (χ2v) is 6.79. The third-order valence-electron chi connectivity index (χ3n) is 3.16. The van der Waals surface area contributed by atoms with E-state index in [-0.39, 0.29) is 0 Å². The molecule has 0 fully saturated rings. The molecule has 0 radical (unpaired) electrons. The van der Waals surface area contributed by atoms with Gasteiger partial charge in [0.05, 0.1) is 5.52 Å². The number of nitrogens with one attached hydrogen (secondary N) is 1. The summed E-state index contributed by atoms with van der Waals surface area (Å²) in [6.07, 6.45) is 3.08. The Balaban J connectivity index is 1.91. The Morgan fingerprint density at radius 1 is 1.29 bits per heavy atom. The summed E-state index contributed by atoms with van der Waals surface area (Å²) in [6.45, 7) is 4.07. The number of nitrogens with zero attached hydrogens (tertiary/aromatic N) is 2. The van der Waals surface area contributed by atoms with Gasteiger partial charge in [0.25, 0.3) is 0 Å². The van der Waals surface area contributed by atoms with Crippen LogP contribution < -0.4 is 5.32 Å². The third kappa shape index (κ3) is 3.31. The van der Waals surface area contributed by atoms with Gasteiger partial charge in [-0.2, -0.15) is 0 Å². The molecule has 0 bridgehead atoms. The smallest absolute Gasteiger partial charge is 0.143 e. The molecule has 0 atom stereocenters. The first-order valence-corrected chi connectivity index (χ1v) is 8.60. The molecule has 2 heterocycles. The van der Waals surface area contributed by atoms with Crippen LogP contribution in [-0.2, 0) is 6.54 Å². The number of hydrogen-bond acceptors (Lipinski definition) is 4. The molecule has 0 aliphatic rings. The molecule has 0 spiro atoms. The van der Waals surface area contributed by atoms with E-state index in [1.165, 1.54) is 4.88 Å². The summed E-state index contributed by atoms with van der Waals surface area (Å²) in [7, 11) is 0. The molecule has 5 heteroatoms. The molecule has 0 aliphatic carbocycles. The molecule has 3 rings (SSSR count). The molecule has 21 heavy (non-hydrogen) atoms. The first-order chi connectivity index (χ1) is 10.3. The lowest BCUT2D eigenvalue weighted by atomic mass is 10.2. The van der Waals surface area contributed by atoms with Crippen LogP contribution >= 0.6 is 27.3 Å². The summed E-state index contributed by atoms with van der Waals surface area (Å²) in [6, 6.07) is 10.2. The molecule has 108 valence electrons. The van der Waals surface area contributed by atoms with Crippen LogP contribution in [0.15, 0.2) is 41.0 Å². The van der Waals surface area contributed by atoms with E-state index < -0.39 is 0 Å². The highest BCUT2D eigenvalue weighted by molar-refractivity contribution is 9.10. The van der Waals surface area contributed by atoms with Gasteiger partial charge in [-0.15, -0.1) is 11.3 Å². The molecule has 1 N–H and O–H groups in total. The van der Waals surface area contributed by atoms with Gasteiger partial charge in [-0.25, -0.2) is 9.97 Å². The number of rotatable bonds is 5. The van der Waals surface area contributed by atoms with Crippen LogP contribution in [0, 0.1) is 0 Å². The van der Waals surface area contributed by atoms with E-state index in [2.05, 4.69) is 45.3 Å². The molecule has 0 saturated heterocycles. The molecule has 3 nitrogen and oxygen atoms in total. The number of fused-ring (bicyclic) bond motifs is 1. The predicted molar refractivity (Wildman–Crippen MR) is 92.5 cm³/mol. The van der Waals surface area contributed by atoms with Crippen molar-refractivity contribution in [3.05, 3.63) is 45.9 Å². The second kappa shape index (κ2) is 6.64. The fourth-order valence-electron chi connectivity index (χ4n) is 2.13. The van der Waals surface area contributed by atoms with Gasteiger partial charge >= 0.3 is 0 Å². The highest BCUT2D eigenvalue weighted by atomic mass is 79.9. The van der Waals surface area contributed by atoms with E-state index in [9.17, 15) is 0 Å². The molecule has 0 aliphatic heterocycles. The Labute approximate surface area is 136 Å². The Kier molecular flexibility index (Phi) is 4.63. The van der Waals surface area contributed by atoms with Crippen molar-refractivity contribution in [3.63, 3.8) is 0 Å². The third-order valence-corrected chi connectivity index (χ3v) is 4.77. The maximum absolute atomic E-state index is 4.74. The highest BCUT2D eigenvalue weighted by Gasteiger charge is 2.11. The van der Waals surface area contributed by atoms with E-state index in [0.29, 0.717) is 0 Å². The highest BCUT2D eigenvalue weighted by Crippen LogP contribution is 2.32. The zero-order valence-electron chi connectivity index (χ0n) is 11.8. The first-order valence-electron chi connectivity index (χ1n) is 6.99. The lowest BCUT2D eigenvalue weighted by Crippen LogP contribution is -2.12. The summed E-state index contributed by atoms with van der Waals surface area (Å²) in [5.74, 6) is 0. The van der Waals surface area contributed by atoms with Crippen molar-refractivity contribution < 1.29 is 0 Å². The van der Waals surface area contributed by atoms with E-state index in [1.54, 1.807) is 11.3 Å². The van der Waals surface area contributed by atoms with Gasteiger partial charge in [0, 0.05) is 27.5 Å². The topological polar surface area (TPSA) is 37.8 Å². The zero-order valence-corrected chi connectivity index (χ0v) is 14.2. The monoisotopic (exact) mass is 361 g/mol. The van der Waals surface area contributed by atoms with Gasteiger partial charge in [-0.1, -0.05) is 25.1 Å². The lowest BCUT2D eigenvalue weighted by Gasteiger charge is -2.03. The van der Waals surface area contributed by atoms with Crippen molar-refractivity contribution >= 4 is 38.2 Å². The van der Waals surface area contributed by atoms with E-state index >= 15 is 0 Å². The molecule has 2 aromatic heterocycles. The summed E-state index contributed by atoms with van der Waals surface area (Å²) in [4.78, 5) is 10.5. The Bertz CT molecular complexity index is 754. The Hall–Kier alpha value is -1.30. The minimum atomic E-state index is 0.872. The van der Waals surface area contributed by atoms with Crippen molar-refractivity contribution in [2.24, 2.45) is 0 Å². The van der Waals surface area contributed by atoms with Gasteiger partial charge < -0.3 is 5.32 Å². The normalized spacial score (nSPS) is 11.1. The quantitative estimate of drug-likeness (QED) is 0.673. The maximum Gasteiger partial charge on any atom is 0.143 e. The van der Waals surface area contributed by atoms with Crippen LogP contribution in [0.25, 0.3) is 21.6 Å². The SMILES string of the molecule is CCCNCc1cnc(-c2nc3ccccc3cc2Br)s1. The number of halogens is 1. The van der Waals surface area contributed by atoms with Gasteiger partial charge in [0.1, 0.15) is 10.7 Å². The molecule has 3 aromatic rings. The summed E-state index contributed by atoms with van der Waals surface area (Å²) in [5.41, 5.74) is 1.91. The van der Waals surface area contributed by atoms with Gasteiger partial charge in [-0.3, -0.25) is 0 Å². The number of para-hydroxylation sites is 1. The van der Waals surface area contributed by atoms with Crippen molar-refractivity contribution in [1.29, 1.82) is 0 Å². The van der Waals surface area contributed by atoms with Crippen LogP contribution in [0.3, 0.4) is 0 Å². The van der Waals surface area contributed by atoms with Crippen LogP contribution in [0.2, 0.25) is 0 Å². The summed E-state index contributed by atoms with van der Waals surface area (Å²) in [5, 5.41) is 5.49. The second-order valence-electron chi connectivity index (χ2n) is 4.82. The van der Waals surface area contributed by atoms with Gasteiger partial charge in [0.15, 0.2) is 0 Å². The van der Waals surface area contributed by atoms with Crippen molar-refractivity contribution in [2.75, 3.05) is 6.54 Å². The predicted octanol–water partition coefficient (Wildman–Crippen LogP) is 4.62. The fourth-order valence-corrected chi connectivity index (χ4v) is 3.67. The molecule has 0 saturated carbocycles. The molecule has 1 aromatic carbocycles.